The van der Waals surface area contributed by atoms with Crippen molar-refractivity contribution in [1.29, 1.82) is 10.5 Å². The van der Waals surface area contributed by atoms with Crippen LogP contribution in [0.15, 0.2) is 83.9 Å². The maximum absolute atomic E-state index is 9.60. The Bertz CT molecular complexity index is 1490. The highest BCUT2D eigenvalue weighted by atomic mass is 14.8. The van der Waals surface area contributed by atoms with Crippen molar-refractivity contribution >= 4 is 16.5 Å². The molecule has 0 unspecified atom stereocenters. The average Bonchev–Trinajstić information content (AvgIpc) is 3.11. The van der Waals surface area contributed by atoms with E-state index in [2.05, 4.69) is 71.9 Å². The summed E-state index contributed by atoms with van der Waals surface area (Å²) in [6.45, 7) is 0. The van der Waals surface area contributed by atoms with Crippen molar-refractivity contribution in [3.8, 4) is 23.4 Å². The van der Waals surface area contributed by atoms with Gasteiger partial charge < -0.3 is 0 Å². The van der Waals surface area contributed by atoms with Gasteiger partial charge in [-0.2, -0.15) is 15.5 Å². The van der Waals surface area contributed by atoms with Gasteiger partial charge in [0.15, 0.2) is 0 Å². The first-order chi connectivity index (χ1) is 15.7. The molecule has 3 nitrogen and oxygen atoms in total. The molecule has 0 saturated carbocycles. The van der Waals surface area contributed by atoms with E-state index < -0.39 is 0 Å². The lowest BCUT2D eigenvalue weighted by molar-refractivity contribution is 0.419. The van der Waals surface area contributed by atoms with Crippen molar-refractivity contribution in [2.75, 3.05) is 0 Å². The molecule has 0 saturated heterocycles. The van der Waals surface area contributed by atoms with Crippen LogP contribution in [0, 0.1) is 28.2 Å². The average molecular weight is 409 g/mol. The van der Waals surface area contributed by atoms with Crippen LogP contribution < -0.4 is 0 Å². The van der Waals surface area contributed by atoms with Crippen LogP contribution >= 0.6 is 0 Å². The van der Waals surface area contributed by atoms with E-state index in [9.17, 15) is 10.5 Å². The number of benzene rings is 4. The zero-order chi connectivity index (χ0) is 21.7. The minimum Gasteiger partial charge on any atom is -0.192 e. The van der Waals surface area contributed by atoms with Crippen LogP contribution in [0.5, 0.6) is 0 Å². The van der Waals surface area contributed by atoms with Gasteiger partial charge in [-0.25, -0.2) is 0 Å². The van der Waals surface area contributed by atoms with E-state index in [0.29, 0.717) is 5.56 Å². The Morgan fingerprint density at radius 3 is 2.12 bits per heavy atom. The van der Waals surface area contributed by atoms with Gasteiger partial charge in [0.1, 0.15) is 0 Å². The number of hydrogen-bond donors (Lipinski definition) is 0. The quantitative estimate of drug-likeness (QED) is 0.363. The normalized spacial score (nSPS) is 16.6. The first-order valence-electron chi connectivity index (χ1n) is 10.8. The predicted octanol–water partition coefficient (Wildman–Crippen LogP) is 5.99. The lowest BCUT2D eigenvalue weighted by Gasteiger charge is -2.35. The molecule has 150 valence electrons. The summed E-state index contributed by atoms with van der Waals surface area (Å²) in [5.74, 6) is 0. The molecule has 0 heterocycles. The Labute approximate surface area is 186 Å². The van der Waals surface area contributed by atoms with E-state index in [1.54, 1.807) is 0 Å². The van der Waals surface area contributed by atoms with Gasteiger partial charge >= 0.3 is 0 Å². The topological polar surface area (TPSA) is 59.9 Å². The molecule has 0 N–H and O–H groups in total. The van der Waals surface area contributed by atoms with Gasteiger partial charge in [-0.15, -0.1) is 0 Å². The van der Waals surface area contributed by atoms with Crippen molar-refractivity contribution in [3.05, 3.63) is 107 Å². The molecule has 0 bridgehead atoms. The highest BCUT2D eigenvalue weighted by Gasteiger charge is 2.46. The summed E-state index contributed by atoms with van der Waals surface area (Å²) < 4.78 is 0. The molecule has 32 heavy (non-hydrogen) atoms. The third-order valence-corrected chi connectivity index (χ3v) is 7.02. The van der Waals surface area contributed by atoms with Crippen molar-refractivity contribution in [2.24, 2.45) is 10.4 Å². The number of fused-ring (bicyclic) bond motifs is 1. The summed E-state index contributed by atoms with van der Waals surface area (Å²) in [5, 5.41) is 21.5. The first kappa shape index (κ1) is 18.6. The summed E-state index contributed by atoms with van der Waals surface area (Å²) in [5.41, 5.74) is 8.37. The van der Waals surface area contributed by atoms with E-state index in [1.807, 2.05) is 24.3 Å². The molecular formula is C29H19N3. The van der Waals surface area contributed by atoms with Gasteiger partial charge in [-0.3, -0.25) is 0 Å². The summed E-state index contributed by atoms with van der Waals surface area (Å²) in [4.78, 5) is 4.42. The zero-order valence-electron chi connectivity index (χ0n) is 17.5. The summed E-state index contributed by atoms with van der Waals surface area (Å²) >= 11 is 0. The van der Waals surface area contributed by atoms with Gasteiger partial charge in [0.25, 0.3) is 0 Å². The number of nitrogens with zero attached hydrogens (tertiary/aromatic N) is 3. The van der Waals surface area contributed by atoms with Gasteiger partial charge in [0.05, 0.1) is 17.3 Å². The molecule has 0 fully saturated rings. The fraction of sp³-hybridized carbons (Fsp3) is 0.138. The monoisotopic (exact) mass is 409 g/mol. The van der Waals surface area contributed by atoms with Crippen molar-refractivity contribution in [1.82, 2.24) is 0 Å². The zero-order valence-corrected chi connectivity index (χ0v) is 17.5. The van der Waals surface area contributed by atoms with Crippen molar-refractivity contribution in [3.63, 3.8) is 0 Å². The Kier molecular flexibility index (Phi) is 4.00. The Morgan fingerprint density at radius 2 is 1.41 bits per heavy atom. The molecule has 0 atom stereocenters. The maximum atomic E-state index is 9.60. The first-order valence-corrected chi connectivity index (χ1v) is 10.8. The molecule has 1 spiro atoms. The molecule has 2 aliphatic rings. The van der Waals surface area contributed by atoms with Gasteiger partial charge in [-0.1, -0.05) is 60.7 Å². The highest BCUT2D eigenvalue weighted by Crippen LogP contribution is 2.48. The highest BCUT2D eigenvalue weighted by molar-refractivity contribution is 6.11. The molecule has 4 aromatic rings. The summed E-state index contributed by atoms with van der Waals surface area (Å²) in [6.07, 6.45) is 4.74. The van der Waals surface area contributed by atoms with Gasteiger partial charge in [0.2, 0.25) is 6.19 Å². The molecule has 0 radical (unpaired) electrons. The Morgan fingerprint density at radius 1 is 0.719 bits per heavy atom. The molecule has 0 aromatic heterocycles. The number of hydrogen-bond acceptors (Lipinski definition) is 3. The second kappa shape index (κ2) is 6.91. The largest absolute Gasteiger partial charge is 0.205 e. The third-order valence-electron chi connectivity index (χ3n) is 7.02. The second-order valence-corrected chi connectivity index (χ2v) is 8.87. The third kappa shape index (κ3) is 2.69. The summed E-state index contributed by atoms with van der Waals surface area (Å²) in [7, 11) is 0. The molecule has 6 rings (SSSR count). The van der Waals surface area contributed by atoms with Crippen molar-refractivity contribution in [2.45, 2.75) is 19.3 Å². The van der Waals surface area contributed by atoms with E-state index in [-0.39, 0.29) is 5.41 Å². The number of rotatable bonds is 1. The van der Waals surface area contributed by atoms with Crippen LogP contribution in [0.25, 0.3) is 21.9 Å². The maximum Gasteiger partial charge on any atom is 0.205 e. The molecular weight excluding hydrogens is 390 g/mol. The molecule has 4 aromatic carbocycles. The van der Waals surface area contributed by atoms with E-state index in [0.717, 1.165) is 41.7 Å². The lowest BCUT2D eigenvalue weighted by atomic mass is 9.68. The predicted molar refractivity (Wildman–Crippen MR) is 126 cm³/mol. The van der Waals surface area contributed by atoms with Crippen LogP contribution in [0.1, 0.15) is 27.8 Å². The molecule has 2 aliphatic carbocycles. The van der Waals surface area contributed by atoms with E-state index >= 15 is 0 Å². The Hall–Kier alpha value is -4.21. The van der Waals surface area contributed by atoms with Crippen LogP contribution in [0.4, 0.5) is 0 Å². The summed E-state index contributed by atoms with van der Waals surface area (Å²) in [6, 6.07) is 29.4. The lowest BCUT2D eigenvalue weighted by Crippen LogP contribution is -2.36. The number of nitriles is 2. The van der Waals surface area contributed by atoms with E-state index in [4.69, 9.17) is 0 Å². The molecule has 0 amide bonds. The van der Waals surface area contributed by atoms with Crippen molar-refractivity contribution < 1.29 is 0 Å². The van der Waals surface area contributed by atoms with Gasteiger partial charge in [-0.05, 0) is 76.1 Å². The van der Waals surface area contributed by atoms with E-state index in [1.165, 1.54) is 27.5 Å². The van der Waals surface area contributed by atoms with Crippen LogP contribution in [0.2, 0.25) is 0 Å². The van der Waals surface area contributed by atoms with Crippen LogP contribution in [-0.2, 0) is 19.3 Å². The molecule has 3 heteroatoms. The minimum absolute atomic E-state index is 0.201. The molecule has 0 aliphatic heterocycles. The van der Waals surface area contributed by atoms with Gasteiger partial charge in [0, 0.05) is 11.0 Å². The minimum atomic E-state index is -0.201. The second-order valence-electron chi connectivity index (χ2n) is 8.87. The fourth-order valence-electron chi connectivity index (χ4n) is 5.74. The standard InChI is InChI=1S/C29H19N3/c30-17-19-4-1-7-21(12-19)22-10-11-23-14-29(28(32-18-31)26(23)13-22)15-24-8-2-5-20-6-3-9-25(16-29)27(20)24/h1-13H,14-16H2. The number of aliphatic imine (C=N–C) groups is 1. The van der Waals surface area contributed by atoms with Crippen LogP contribution in [-0.4, -0.2) is 5.71 Å². The van der Waals surface area contributed by atoms with Crippen LogP contribution in [0.3, 0.4) is 0 Å². The SMILES string of the molecule is N#CN=C1c2cc(-c3cccc(C#N)c3)ccc2CC12Cc1cccc3cccc(c13)C2. The fourth-order valence-corrected chi connectivity index (χ4v) is 5.74. The smallest absolute Gasteiger partial charge is 0.192 e. The Balaban J connectivity index is 1.49.